The molecule has 1 unspecified atom stereocenters. The van der Waals surface area contributed by atoms with Crippen LogP contribution in [-0.2, 0) is 4.79 Å². The molecule has 120 valence electrons. The predicted octanol–water partition coefficient (Wildman–Crippen LogP) is 3.03. The Balaban J connectivity index is 1.85. The van der Waals surface area contributed by atoms with E-state index in [9.17, 15) is 9.18 Å². The van der Waals surface area contributed by atoms with E-state index < -0.39 is 0 Å². The molecule has 4 heteroatoms. The van der Waals surface area contributed by atoms with E-state index in [0.29, 0.717) is 0 Å². The first-order valence-corrected chi connectivity index (χ1v) is 8.05. The van der Waals surface area contributed by atoms with E-state index in [1.807, 2.05) is 36.4 Å². The van der Waals surface area contributed by atoms with Crippen molar-refractivity contribution in [3.63, 3.8) is 0 Å². The topological polar surface area (TPSA) is 41.1 Å². The molecular weight excluding hydrogens is 291 g/mol. The van der Waals surface area contributed by atoms with Gasteiger partial charge in [0.2, 0.25) is 5.91 Å². The smallest absolute Gasteiger partial charge is 0.223 e. The molecule has 2 N–H and O–H groups in total. The number of rotatable bonds is 4. The van der Waals surface area contributed by atoms with Crippen LogP contribution < -0.4 is 10.6 Å². The number of benzene rings is 2. The number of carbonyl (C=O) groups excluding carboxylic acids is 1. The molecule has 3 nitrogen and oxygen atoms in total. The maximum atomic E-state index is 13.6. The Bertz CT molecular complexity index is 653. The number of halogens is 1. The van der Waals surface area contributed by atoms with Gasteiger partial charge in [0.1, 0.15) is 5.82 Å². The minimum Gasteiger partial charge on any atom is -0.345 e. The highest BCUT2D eigenvalue weighted by molar-refractivity contribution is 5.79. The lowest BCUT2D eigenvalue weighted by Gasteiger charge is -2.26. The van der Waals surface area contributed by atoms with Crippen LogP contribution in [0.25, 0.3) is 0 Å². The quantitative estimate of drug-likeness (QED) is 0.911. The molecule has 3 rings (SSSR count). The van der Waals surface area contributed by atoms with Crippen LogP contribution in [0.3, 0.4) is 0 Å². The summed E-state index contributed by atoms with van der Waals surface area (Å²) >= 11 is 0. The minimum atomic E-state index is -0.325. The predicted molar refractivity (Wildman–Crippen MR) is 88.4 cm³/mol. The Morgan fingerprint density at radius 2 is 1.74 bits per heavy atom. The van der Waals surface area contributed by atoms with Gasteiger partial charge >= 0.3 is 0 Å². The molecule has 1 atom stereocenters. The van der Waals surface area contributed by atoms with Crippen LogP contribution in [0.2, 0.25) is 0 Å². The van der Waals surface area contributed by atoms with Crippen molar-refractivity contribution in [2.24, 2.45) is 5.92 Å². The lowest BCUT2D eigenvalue weighted by atomic mass is 9.94. The highest BCUT2D eigenvalue weighted by Gasteiger charge is 2.24. The number of hydrogen-bond acceptors (Lipinski definition) is 2. The zero-order chi connectivity index (χ0) is 16.1. The van der Waals surface area contributed by atoms with Crippen LogP contribution in [0.5, 0.6) is 0 Å². The van der Waals surface area contributed by atoms with Gasteiger partial charge in [-0.05, 0) is 49.2 Å². The van der Waals surface area contributed by atoms with Crippen molar-refractivity contribution in [2.75, 3.05) is 13.1 Å². The summed E-state index contributed by atoms with van der Waals surface area (Å²) in [6.07, 6.45) is 1.69. The molecule has 2 aromatic carbocycles. The summed E-state index contributed by atoms with van der Waals surface area (Å²) in [6, 6.07) is 15.8. The summed E-state index contributed by atoms with van der Waals surface area (Å²) < 4.78 is 13.6. The molecule has 2 aromatic rings. The van der Waals surface area contributed by atoms with Crippen LogP contribution in [0.1, 0.15) is 30.0 Å². The Hall–Kier alpha value is -2.20. The van der Waals surface area contributed by atoms with Gasteiger partial charge in [-0.3, -0.25) is 4.79 Å². The fraction of sp³-hybridized carbons (Fsp3) is 0.316. The van der Waals surface area contributed by atoms with Crippen molar-refractivity contribution in [3.8, 4) is 0 Å². The Morgan fingerprint density at radius 1 is 1.04 bits per heavy atom. The fourth-order valence-electron chi connectivity index (χ4n) is 3.03. The van der Waals surface area contributed by atoms with Gasteiger partial charge in [-0.15, -0.1) is 0 Å². The van der Waals surface area contributed by atoms with Crippen LogP contribution >= 0.6 is 0 Å². The first-order valence-electron chi connectivity index (χ1n) is 8.05. The number of nitrogens with one attached hydrogen (secondary N) is 2. The van der Waals surface area contributed by atoms with Gasteiger partial charge in [0.05, 0.1) is 6.04 Å². The van der Waals surface area contributed by atoms with Gasteiger partial charge in [0.15, 0.2) is 0 Å². The third kappa shape index (κ3) is 3.96. The van der Waals surface area contributed by atoms with Crippen molar-refractivity contribution in [2.45, 2.75) is 18.9 Å². The van der Waals surface area contributed by atoms with E-state index in [2.05, 4.69) is 10.6 Å². The maximum absolute atomic E-state index is 13.6. The molecule has 0 aliphatic carbocycles. The highest BCUT2D eigenvalue weighted by Crippen LogP contribution is 2.24. The van der Waals surface area contributed by atoms with Crippen LogP contribution in [0, 0.1) is 11.7 Å². The summed E-state index contributed by atoms with van der Waals surface area (Å²) in [6.45, 7) is 1.74. The minimum absolute atomic E-state index is 0.0241. The average molecular weight is 312 g/mol. The van der Waals surface area contributed by atoms with Gasteiger partial charge in [0, 0.05) is 5.92 Å². The monoisotopic (exact) mass is 312 g/mol. The molecular formula is C19H21FN2O. The number of piperidine rings is 1. The van der Waals surface area contributed by atoms with Gasteiger partial charge in [-0.25, -0.2) is 4.39 Å². The van der Waals surface area contributed by atoms with Gasteiger partial charge < -0.3 is 10.6 Å². The second kappa shape index (κ2) is 7.38. The van der Waals surface area contributed by atoms with E-state index in [-0.39, 0.29) is 23.7 Å². The standard InChI is InChI=1S/C19H21FN2O/c20-17-8-4-7-16(13-17)18(14-5-2-1-3-6-14)22-19(23)15-9-11-21-12-10-15/h1-8,13,15,18,21H,9-12H2,(H,22,23). The first kappa shape index (κ1) is 15.7. The van der Waals surface area contributed by atoms with E-state index in [1.165, 1.54) is 12.1 Å². The molecule has 0 saturated carbocycles. The third-order valence-corrected chi connectivity index (χ3v) is 4.31. The molecule has 1 amide bonds. The van der Waals surface area contributed by atoms with Crippen LogP contribution in [0.4, 0.5) is 4.39 Å². The van der Waals surface area contributed by atoms with E-state index in [0.717, 1.165) is 37.1 Å². The molecule has 0 spiro atoms. The molecule has 1 aliphatic rings. The van der Waals surface area contributed by atoms with Crippen molar-refractivity contribution in [1.29, 1.82) is 0 Å². The molecule has 1 saturated heterocycles. The Kier molecular flexibility index (Phi) is 5.03. The number of hydrogen-bond donors (Lipinski definition) is 2. The lowest BCUT2D eigenvalue weighted by Crippen LogP contribution is -2.40. The number of carbonyl (C=O) groups is 1. The van der Waals surface area contributed by atoms with Crippen molar-refractivity contribution < 1.29 is 9.18 Å². The molecule has 1 fully saturated rings. The molecule has 0 radical (unpaired) electrons. The summed E-state index contributed by atoms with van der Waals surface area (Å²) in [5, 5.41) is 6.38. The SMILES string of the molecule is O=C(NC(c1ccccc1)c1cccc(F)c1)C1CCNCC1. The Labute approximate surface area is 135 Å². The normalized spacial score (nSPS) is 16.7. The average Bonchev–Trinajstić information content (AvgIpc) is 2.61. The van der Waals surface area contributed by atoms with Crippen LogP contribution in [0.15, 0.2) is 54.6 Å². The van der Waals surface area contributed by atoms with Crippen LogP contribution in [-0.4, -0.2) is 19.0 Å². The summed E-state index contributed by atoms with van der Waals surface area (Å²) in [7, 11) is 0. The summed E-state index contributed by atoms with van der Waals surface area (Å²) in [5.74, 6) is -0.222. The van der Waals surface area contributed by atoms with E-state index >= 15 is 0 Å². The highest BCUT2D eigenvalue weighted by atomic mass is 19.1. The largest absolute Gasteiger partial charge is 0.345 e. The van der Waals surface area contributed by atoms with Gasteiger partial charge in [-0.2, -0.15) is 0 Å². The zero-order valence-corrected chi connectivity index (χ0v) is 13.0. The second-order valence-electron chi connectivity index (χ2n) is 5.93. The molecule has 23 heavy (non-hydrogen) atoms. The zero-order valence-electron chi connectivity index (χ0n) is 13.0. The van der Waals surface area contributed by atoms with Crippen molar-refractivity contribution in [1.82, 2.24) is 10.6 Å². The summed E-state index contributed by atoms with van der Waals surface area (Å²) in [5.41, 5.74) is 1.72. The summed E-state index contributed by atoms with van der Waals surface area (Å²) in [4.78, 5) is 12.6. The molecule has 1 aliphatic heterocycles. The van der Waals surface area contributed by atoms with Gasteiger partial charge in [-0.1, -0.05) is 42.5 Å². The van der Waals surface area contributed by atoms with E-state index in [1.54, 1.807) is 6.07 Å². The molecule has 0 bridgehead atoms. The van der Waals surface area contributed by atoms with Crippen molar-refractivity contribution in [3.05, 3.63) is 71.5 Å². The number of amides is 1. The van der Waals surface area contributed by atoms with Gasteiger partial charge in [0.25, 0.3) is 0 Å². The molecule has 0 aromatic heterocycles. The fourth-order valence-corrected chi connectivity index (χ4v) is 3.03. The second-order valence-corrected chi connectivity index (χ2v) is 5.93. The first-order chi connectivity index (χ1) is 11.2. The Morgan fingerprint density at radius 3 is 2.43 bits per heavy atom. The van der Waals surface area contributed by atoms with Crippen molar-refractivity contribution >= 4 is 5.91 Å². The molecule has 1 heterocycles. The third-order valence-electron chi connectivity index (χ3n) is 4.31. The van der Waals surface area contributed by atoms with E-state index in [4.69, 9.17) is 0 Å². The maximum Gasteiger partial charge on any atom is 0.223 e. The lowest BCUT2D eigenvalue weighted by molar-refractivity contribution is -0.126.